The van der Waals surface area contributed by atoms with E-state index in [0.717, 1.165) is 26.2 Å². The van der Waals surface area contributed by atoms with E-state index in [4.69, 9.17) is 0 Å². The van der Waals surface area contributed by atoms with Crippen LogP contribution < -0.4 is 4.90 Å². The minimum absolute atomic E-state index is 0.0214. The van der Waals surface area contributed by atoms with Gasteiger partial charge in [0.1, 0.15) is 4.87 Å². The molecule has 4 rings (SSSR count). The quantitative estimate of drug-likeness (QED) is 0.469. The maximum Gasteiger partial charge on any atom is 0.225 e. The first-order valence-corrected chi connectivity index (χ1v) is 10.3. The summed E-state index contributed by atoms with van der Waals surface area (Å²) in [6, 6.07) is 26.5. The summed E-state index contributed by atoms with van der Waals surface area (Å²) in [4.78, 5) is 15.1. The predicted octanol–water partition coefficient (Wildman–Crippen LogP) is 6.47. The number of amides is 1. The number of rotatable bonds is 3. The summed E-state index contributed by atoms with van der Waals surface area (Å²) < 4.78 is 1.02. The van der Waals surface area contributed by atoms with E-state index in [2.05, 4.69) is 58.4 Å². The third-order valence-corrected chi connectivity index (χ3v) is 6.54. The van der Waals surface area contributed by atoms with Gasteiger partial charge in [-0.15, -0.1) is 0 Å². The van der Waals surface area contributed by atoms with Crippen molar-refractivity contribution in [1.82, 2.24) is 0 Å². The van der Waals surface area contributed by atoms with Gasteiger partial charge in [-0.3, -0.25) is 9.69 Å². The summed E-state index contributed by atoms with van der Waals surface area (Å²) in [6.45, 7) is 1.63. The molecule has 1 atom stereocenters. The molecular formula is C23H18BrNOS. The van der Waals surface area contributed by atoms with Gasteiger partial charge in [-0.1, -0.05) is 88.4 Å². The van der Waals surface area contributed by atoms with Crippen LogP contribution in [0.2, 0.25) is 0 Å². The smallest absolute Gasteiger partial charge is 0.225 e. The van der Waals surface area contributed by atoms with Crippen LogP contribution in [-0.2, 0) is 9.67 Å². The standard InChI is InChI=1S/C23H18BrNOS/c1-17(26)25-21-9-5-6-10-22(21)27-23(25,19-11-13-20(24)14-12-19)16-15-18-7-3-2-4-8-18/h2-16H,1H3. The number of hydrogen-bond donors (Lipinski definition) is 0. The van der Waals surface area contributed by atoms with E-state index in [-0.39, 0.29) is 5.91 Å². The zero-order chi connectivity index (χ0) is 18.9. The molecule has 0 saturated carbocycles. The van der Waals surface area contributed by atoms with Crippen molar-refractivity contribution in [2.24, 2.45) is 0 Å². The Balaban J connectivity index is 1.90. The van der Waals surface area contributed by atoms with Gasteiger partial charge in [0.2, 0.25) is 5.91 Å². The molecule has 0 fully saturated rings. The first-order valence-electron chi connectivity index (χ1n) is 8.69. The molecule has 3 aromatic carbocycles. The van der Waals surface area contributed by atoms with Gasteiger partial charge in [0.05, 0.1) is 5.69 Å². The lowest BCUT2D eigenvalue weighted by molar-refractivity contribution is -0.117. The average molecular weight is 436 g/mol. The fraction of sp³-hybridized carbons (Fsp3) is 0.0870. The fourth-order valence-corrected chi connectivity index (χ4v) is 5.10. The molecule has 0 bridgehead atoms. The van der Waals surface area contributed by atoms with Gasteiger partial charge < -0.3 is 0 Å². The van der Waals surface area contributed by atoms with Crippen LogP contribution in [-0.4, -0.2) is 5.91 Å². The molecule has 1 unspecified atom stereocenters. The van der Waals surface area contributed by atoms with Crippen molar-refractivity contribution in [3.8, 4) is 0 Å². The van der Waals surface area contributed by atoms with Crippen molar-refractivity contribution >= 4 is 45.4 Å². The molecule has 0 saturated heterocycles. The van der Waals surface area contributed by atoms with E-state index in [0.29, 0.717) is 0 Å². The summed E-state index contributed by atoms with van der Waals surface area (Å²) >= 11 is 5.22. The van der Waals surface area contributed by atoms with E-state index in [1.807, 2.05) is 53.4 Å². The molecule has 1 aliphatic rings. The number of carbonyl (C=O) groups is 1. The lowest BCUT2D eigenvalue weighted by atomic mass is 10.0. The molecule has 0 N–H and O–H groups in total. The number of nitrogens with zero attached hydrogens (tertiary/aromatic N) is 1. The zero-order valence-electron chi connectivity index (χ0n) is 14.8. The van der Waals surface area contributed by atoms with Crippen molar-refractivity contribution in [2.75, 3.05) is 4.90 Å². The van der Waals surface area contributed by atoms with Gasteiger partial charge in [-0.05, 0) is 41.5 Å². The van der Waals surface area contributed by atoms with Crippen LogP contribution in [0.4, 0.5) is 5.69 Å². The van der Waals surface area contributed by atoms with E-state index in [1.54, 1.807) is 18.7 Å². The number of anilines is 1. The first kappa shape index (κ1) is 18.1. The molecule has 27 heavy (non-hydrogen) atoms. The molecule has 1 heterocycles. The SMILES string of the molecule is CC(=O)N1c2ccccc2SC1(C=Cc1ccccc1)c1ccc(Br)cc1. The van der Waals surface area contributed by atoms with Gasteiger partial charge in [-0.25, -0.2) is 0 Å². The molecule has 2 nitrogen and oxygen atoms in total. The third kappa shape index (κ3) is 3.35. The number of halogens is 1. The van der Waals surface area contributed by atoms with E-state index >= 15 is 0 Å². The number of thioether (sulfide) groups is 1. The second kappa shape index (κ2) is 7.37. The van der Waals surface area contributed by atoms with Crippen LogP contribution in [0.1, 0.15) is 18.1 Å². The van der Waals surface area contributed by atoms with Crippen molar-refractivity contribution in [3.63, 3.8) is 0 Å². The minimum Gasteiger partial charge on any atom is -0.288 e. The second-order valence-corrected chi connectivity index (χ2v) is 8.55. The Hall–Kier alpha value is -2.30. The Morgan fingerprint density at radius 1 is 0.963 bits per heavy atom. The van der Waals surface area contributed by atoms with Gasteiger partial charge in [0.25, 0.3) is 0 Å². The van der Waals surface area contributed by atoms with Crippen LogP contribution in [0.15, 0.2) is 94.3 Å². The Labute approximate surface area is 172 Å². The van der Waals surface area contributed by atoms with Gasteiger partial charge in [0, 0.05) is 16.3 Å². The third-order valence-electron chi connectivity index (χ3n) is 4.58. The molecule has 0 radical (unpaired) electrons. The molecular weight excluding hydrogens is 418 g/mol. The molecule has 134 valence electrons. The van der Waals surface area contributed by atoms with Crippen molar-refractivity contribution in [3.05, 3.63) is 101 Å². The zero-order valence-corrected chi connectivity index (χ0v) is 17.2. The lowest BCUT2D eigenvalue weighted by Gasteiger charge is -2.35. The highest BCUT2D eigenvalue weighted by Gasteiger charge is 2.46. The number of carbonyl (C=O) groups excluding carboxylic acids is 1. The Kier molecular flexibility index (Phi) is 4.94. The lowest BCUT2D eigenvalue weighted by Crippen LogP contribution is -2.42. The number of fused-ring (bicyclic) bond motifs is 1. The van der Waals surface area contributed by atoms with Crippen LogP contribution in [0.25, 0.3) is 6.08 Å². The van der Waals surface area contributed by atoms with Crippen LogP contribution in [0, 0.1) is 0 Å². The van der Waals surface area contributed by atoms with Gasteiger partial charge in [0.15, 0.2) is 0 Å². The number of benzene rings is 3. The van der Waals surface area contributed by atoms with E-state index in [1.165, 1.54) is 0 Å². The highest BCUT2D eigenvalue weighted by molar-refractivity contribution is 9.10. The van der Waals surface area contributed by atoms with Crippen molar-refractivity contribution < 1.29 is 4.79 Å². The van der Waals surface area contributed by atoms with Crippen LogP contribution in [0.3, 0.4) is 0 Å². The van der Waals surface area contributed by atoms with Crippen molar-refractivity contribution in [2.45, 2.75) is 16.7 Å². The Morgan fingerprint density at radius 2 is 1.63 bits per heavy atom. The van der Waals surface area contributed by atoms with Crippen LogP contribution >= 0.6 is 27.7 Å². The summed E-state index contributed by atoms with van der Waals surface area (Å²) in [5, 5.41) is 0. The van der Waals surface area contributed by atoms with Crippen LogP contribution in [0.5, 0.6) is 0 Å². The molecule has 1 amide bonds. The van der Waals surface area contributed by atoms with E-state index < -0.39 is 4.87 Å². The maximum absolute atomic E-state index is 12.7. The molecule has 4 heteroatoms. The predicted molar refractivity (Wildman–Crippen MR) is 117 cm³/mol. The molecule has 0 spiro atoms. The topological polar surface area (TPSA) is 20.3 Å². The molecule has 0 aliphatic carbocycles. The highest BCUT2D eigenvalue weighted by atomic mass is 79.9. The summed E-state index contributed by atoms with van der Waals surface area (Å²) in [7, 11) is 0. The Morgan fingerprint density at radius 3 is 2.33 bits per heavy atom. The summed E-state index contributed by atoms with van der Waals surface area (Å²) in [5.41, 5.74) is 3.12. The molecule has 1 aliphatic heterocycles. The van der Waals surface area contributed by atoms with Crippen molar-refractivity contribution in [1.29, 1.82) is 0 Å². The molecule has 3 aromatic rings. The summed E-state index contributed by atoms with van der Waals surface area (Å²) in [5.74, 6) is 0.0214. The minimum atomic E-state index is -0.619. The van der Waals surface area contributed by atoms with E-state index in [9.17, 15) is 4.79 Å². The fourth-order valence-electron chi connectivity index (χ4n) is 3.38. The number of para-hydroxylation sites is 1. The maximum atomic E-state index is 12.7. The second-order valence-electron chi connectivity index (χ2n) is 6.37. The van der Waals surface area contributed by atoms with Gasteiger partial charge >= 0.3 is 0 Å². The highest BCUT2D eigenvalue weighted by Crippen LogP contribution is 2.56. The largest absolute Gasteiger partial charge is 0.288 e. The number of hydrogen-bond acceptors (Lipinski definition) is 2. The monoisotopic (exact) mass is 435 g/mol. The Bertz CT molecular complexity index is 1000. The first-order chi connectivity index (χ1) is 13.1. The molecule has 0 aromatic heterocycles. The normalized spacial score (nSPS) is 18.7. The average Bonchev–Trinajstić information content (AvgIpc) is 3.03. The van der Waals surface area contributed by atoms with Gasteiger partial charge in [-0.2, -0.15) is 0 Å². The summed E-state index contributed by atoms with van der Waals surface area (Å²) in [6.07, 6.45) is 4.23.